The molecular weight excluding hydrogens is 336 g/mol. The van der Waals surface area contributed by atoms with Crippen LogP contribution in [0.1, 0.15) is 11.7 Å². The molecule has 1 aliphatic rings. The van der Waals surface area contributed by atoms with E-state index in [9.17, 15) is 19.7 Å². The summed E-state index contributed by atoms with van der Waals surface area (Å²) in [4.78, 5) is 32.0. The van der Waals surface area contributed by atoms with E-state index in [0.29, 0.717) is 0 Å². The number of nitro benzene ring substituents is 1. The fraction of sp³-hybridized carbons (Fsp3) is 0.0833. The quantitative estimate of drug-likeness (QED) is 0.365. The van der Waals surface area contributed by atoms with Crippen LogP contribution in [0.15, 0.2) is 34.5 Å². The van der Waals surface area contributed by atoms with Crippen molar-refractivity contribution in [2.45, 2.75) is 6.10 Å². The average molecular weight is 348 g/mol. The van der Waals surface area contributed by atoms with Crippen molar-refractivity contribution in [1.29, 1.82) is 5.41 Å². The van der Waals surface area contributed by atoms with Crippen molar-refractivity contribution in [3.8, 4) is 0 Å². The number of carbonyl (C=O) groups excluding carboxylic acids is 2. The van der Waals surface area contributed by atoms with Gasteiger partial charge in [-0.1, -0.05) is 12.1 Å². The Morgan fingerprint density at radius 1 is 1.24 bits per heavy atom. The molecule has 0 radical (unpaired) electrons. The topological polar surface area (TPSA) is 211 Å². The molecule has 4 amide bonds. The highest BCUT2D eigenvalue weighted by molar-refractivity contribution is 6.69. The zero-order chi connectivity index (χ0) is 18.6. The van der Waals surface area contributed by atoms with E-state index in [1.165, 1.54) is 24.3 Å². The first kappa shape index (κ1) is 17.3. The van der Waals surface area contributed by atoms with E-state index >= 15 is 0 Å². The predicted octanol–water partition coefficient (Wildman–Crippen LogP) is -0.308. The normalized spacial score (nSPS) is 19.5. The molecule has 1 heterocycles. The number of nitrogens with one attached hydrogen (secondary N) is 3. The maximum Gasteiger partial charge on any atom is 0.332 e. The zero-order valence-corrected chi connectivity index (χ0v) is 12.4. The molecule has 1 saturated heterocycles. The predicted molar refractivity (Wildman–Crippen MR) is 85.0 cm³/mol. The molecule has 1 atom stereocenters. The van der Waals surface area contributed by atoms with Crippen LogP contribution in [0.25, 0.3) is 0 Å². The van der Waals surface area contributed by atoms with E-state index in [0.717, 1.165) is 0 Å². The Bertz CT molecular complexity index is 817. The first-order valence-corrected chi connectivity index (χ1v) is 6.56. The molecule has 130 valence electrons. The number of nitrogens with two attached hydrogens (primary N) is 2. The second-order valence-corrected chi connectivity index (χ2v) is 4.59. The summed E-state index contributed by atoms with van der Waals surface area (Å²) in [6.45, 7) is 0. The van der Waals surface area contributed by atoms with E-state index < -0.39 is 29.0 Å². The third kappa shape index (κ3) is 4.04. The van der Waals surface area contributed by atoms with Gasteiger partial charge in [-0.2, -0.15) is 10.2 Å². The summed E-state index contributed by atoms with van der Waals surface area (Å²) in [7, 11) is 0. The van der Waals surface area contributed by atoms with Crippen LogP contribution in [-0.2, 0) is 4.74 Å². The number of primary amides is 2. The Kier molecular flexibility index (Phi) is 4.87. The van der Waals surface area contributed by atoms with Gasteiger partial charge >= 0.3 is 12.1 Å². The smallest absolute Gasteiger partial charge is 0.332 e. The van der Waals surface area contributed by atoms with Crippen LogP contribution in [0.2, 0.25) is 0 Å². The molecule has 0 spiro atoms. The number of ether oxygens (including phenoxy) is 1. The van der Waals surface area contributed by atoms with E-state index in [2.05, 4.69) is 10.2 Å². The second kappa shape index (κ2) is 7.03. The van der Waals surface area contributed by atoms with Gasteiger partial charge in [0.1, 0.15) is 5.71 Å². The lowest BCUT2D eigenvalue weighted by molar-refractivity contribution is -0.384. The number of hydrazone groups is 2. The first-order valence-electron chi connectivity index (χ1n) is 6.56. The SMILES string of the molecule is N=C1O[C@@H](c2cccc([N+](=O)[O-])c2)C(=N/NC(N)=O)/C1=N\NC(N)=O. The fourth-order valence-electron chi connectivity index (χ4n) is 1.94. The zero-order valence-electron chi connectivity index (χ0n) is 12.4. The van der Waals surface area contributed by atoms with Crippen LogP contribution in [0.3, 0.4) is 0 Å². The van der Waals surface area contributed by atoms with Gasteiger partial charge in [0.05, 0.1) is 4.92 Å². The minimum atomic E-state index is -1.09. The maximum atomic E-state index is 10.9. The number of rotatable bonds is 4. The lowest BCUT2D eigenvalue weighted by Gasteiger charge is -2.10. The average Bonchev–Trinajstić information content (AvgIpc) is 2.86. The van der Waals surface area contributed by atoms with Crippen LogP contribution >= 0.6 is 0 Å². The van der Waals surface area contributed by atoms with Crippen LogP contribution in [0.5, 0.6) is 0 Å². The molecule has 0 unspecified atom stereocenters. The number of nitro groups is 1. The fourth-order valence-corrected chi connectivity index (χ4v) is 1.94. The number of non-ortho nitro benzene ring substituents is 1. The van der Waals surface area contributed by atoms with Gasteiger partial charge in [0, 0.05) is 17.7 Å². The highest BCUT2D eigenvalue weighted by Gasteiger charge is 2.38. The Morgan fingerprint density at radius 3 is 2.48 bits per heavy atom. The van der Waals surface area contributed by atoms with Crippen molar-refractivity contribution in [3.05, 3.63) is 39.9 Å². The molecule has 13 nitrogen and oxygen atoms in total. The summed E-state index contributed by atoms with van der Waals surface area (Å²) in [5, 5.41) is 26.0. The molecule has 0 bridgehead atoms. The number of benzene rings is 1. The molecule has 0 saturated carbocycles. The second-order valence-electron chi connectivity index (χ2n) is 4.59. The molecule has 7 N–H and O–H groups in total. The molecule has 1 aromatic rings. The standard InChI is InChI=1S/C12H12N8O5/c13-10-8(17-19-12(15)22)7(16-18-11(14)21)9(25-10)5-2-1-3-6(4-5)20(23)24/h1-4,9,13H,(H3,14,18,21)(H3,15,19,22)/b13-10?,16-7+,17-8+/t9-/m0/s1. The molecule has 0 aliphatic carbocycles. The van der Waals surface area contributed by atoms with Crippen molar-refractivity contribution in [2.75, 3.05) is 0 Å². The van der Waals surface area contributed by atoms with Crippen molar-refractivity contribution < 1.29 is 19.2 Å². The summed E-state index contributed by atoms with van der Waals surface area (Å²) in [5.41, 5.74) is 13.5. The molecule has 25 heavy (non-hydrogen) atoms. The van der Waals surface area contributed by atoms with Crippen molar-refractivity contribution in [2.24, 2.45) is 21.7 Å². The Labute approximate surface area is 139 Å². The summed E-state index contributed by atoms with van der Waals surface area (Å²) in [6.07, 6.45) is -1.09. The molecule has 1 aromatic carbocycles. The van der Waals surface area contributed by atoms with Gasteiger partial charge in [-0.25, -0.2) is 20.4 Å². The van der Waals surface area contributed by atoms with Gasteiger partial charge in [-0.3, -0.25) is 15.5 Å². The van der Waals surface area contributed by atoms with Gasteiger partial charge in [0.2, 0.25) is 5.90 Å². The first-order chi connectivity index (χ1) is 11.8. The Balaban J connectivity index is 2.47. The lowest BCUT2D eigenvalue weighted by atomic mass is 10.0. The molecule has 1 aliphatic heterocycles. The van der Waals surface area contributed by atoms with Crippen LogP contribution in [-0.4, -0.2) is 34.3 Å². The Morgan fingerprint density at radius 2 is 1.88 bits per heavy atom. The minimum Gasteiger partial charge on any atom is -0.461 e. The van der Waals surface area contributed by atoms with E-state index in [-0.39, 0.29) is 22.7 Å². The van der Waals surface area contributed by atoms with Gasteiger partial charge in [-0.05, 0) is 0 Å². The van der Waals surface area contributed by atoms with Gasteiger partial charge in [0.25, 0.3) is 5.69 Å². The molecule has 13 heteroatoms. The number of hydrogen-bond donors (Lipinski definition) is 5. The monoisotopic (exact) mass is 348 g/mol. The van der Waals surface area contributed by atoms with E-state index in [4.69, 9.17) is 21.6 Å². The Hall–Kier alpha value is -4.03. The number of amides is 4. The van der Waals surface area contributed by atoms with Gasteiger partial charge < -0.3 is 16.2 Å². The summed E-state index contributed by atoms with van der Waals surface area (Å²) < 4.78 is 5.29. The maximum absolute atomic E-state index is 10.9. The molecule has 1 fully saturated rings. The van der Waals surface area contributed by atoms with E-state index in [1.807, 2.05) is 10.9 Å². The molecule has 0 aromatic heterocycles. The third-order valence-corrected chi connectivity index (χ3v) is 2.89. The highest BCUT2D eigenvalue weighted by atomic mass is 16.6. The number of hydrogen-bond acceptors (Lipinski definition) is 8. The molecular formula is C12H12N8O5. The highest BCUT2D eigenvalue weighted by Crippen LogP contribution is 2.28. The molecule has 2 rings (SSSR count). The lowest BCUT2D eigenvalue weighted by Crippen LogP contribution is -2.31. The van der Waals surface area contributed by atoms with Crippen LogP contribution in [0, 0.1) is 15.5 Å². The summed E-state index contributed by atoms with van der Waals surface area (Å²) in [6, 6.07) is 3.40. The summed E-state index contributed by atoms with van der Waals surface area (Å²) in [5.74, 6) is -0.490. The largest absolute Gasteiger partial charge is 0.461 e. The van der Waals surface area contributed by atoms with Gasteiger partial charge in [0.15, 0.2) is 11.8 Å². The number of nitrogens with zero attached hydrogens (tertiary/aromatic N) is 3. The number of urea groups is 2. The van der Waals surface area contributed by atoms with Crippen molar-refractivity contribution in [1.82, 2.24) is 10.9 Å². The third-order valence-electron chi connectivity index (χ3n) is 2.89. The van der Waals surface area contributed by atoms with Crippen LogP contribution < -0.4 is 22.3 Å². The summed E-state index contributed by atoms with van der Waals surface area (Å²) >= 11 is 0. The van der Waals surface area contributed by atoms with E-state index in [1.54, 1.807) is 0 Å². The number of carbonyl (C=O) groups is 2. The van der Waals surface area contributed by atoms with Crippen molar-refractivity contribution >= 4 is 35.1 Å². The van der Waals surface area contributed by atoms with Gasteiger partial charge in [-0.15, -0.1) is 0 Å². The minimum absolute atomic E-state index is 0.0990. The van der Waals surface area contributed by atoms with Crippen LogP contribution in [0.4, 0.5) is 15.3 Å². The van der Waals surface area contributed by atoms with Crippen molar-refractivity contribution in [3.63, 3.8) is 0 Å².